The maximum absolute atomic E-state index is 12.7. The largest absolute Gasteiger partial charge is 0.371 e. The van der Waals surface area contributed by atoms with Gasteiger partial charge in [0.15, 0.2) is 5.01 Å². The number of aromatic nitrogens is 1. The van der Waals surface area contributed by atoms with Crippen molar-refractivity contribution in [2.45, 2.75) is 19.1 Å². The average molecular weight is 338 g/mol. The number of thiazole rings is 1. The minimum absolute atomic E-state index is 0.0308. The third kappa shape index (κ3) is 2.92. The lowest BCUT2D eigenvalue weighted by atomic mass is 9.99. The Morgan fingerprint density at radius 1 is 1.21 bits per heavy atom. The quantitative estimate of drug-likeness (QED) is 0.734. The standard InChI is InChI=1S/C19H18N2O2S/c1-21(11-15-10-13-6-2-3-7-14(13)12-23-15)19(22)18-20-16-8-4-5-9-17(16)24-18/h2-9,15H,10-12H2,1H3. The molecule has 2 aromatic carbocycles. The first-order chi connectivity index (χ1) is 11.7. The fourth-order valence-electron chi connectivity index (χ4n) is 3.04. The molecule has 1 atom stereocenters. The van der Waals surface area contributed by atoms with Gasteiger partial charge in [-0.05, 0) is 23.3 Å². The SMILES string of the molecule is CN(CC1Cc2ccccc2CO1)C(=O)c1nc2ccccc2s1. The highest BCUT2D eigenvalue weighted by Gasteiger charge is 2.24. The van der Waals surface area contributed by atoms with Crippen LogP contribution in [-0.4, -0.2) is 35.5 Å². The number of ether oxygens (including phenoxy) is 1. The normalized spacial score (nSPS) is 16.8. The second-order valence-corrected chi connectivity index (χ2v) is 7.11. The van der Waals surface area contributed by atoms with Gasteiger partial charge in [-0.15, -0.1) is 11.3 Å². The maximum Gasteiger partial charge on any atom is 0.282 e. The number of rotatable bonds is 3. The van der Waals surface area contributed by atoms with E-state index < -0.39 is 0 Å². The Labute approximate surface area is 144 Å². The zero-order valence-corrected chi connectivity index (χ0v) is 14.3. The highest BCUT2D eigenvalue weighted by molar-refractivity contribution is 7.20. The van der Waals surface area contributed by atoms with Crippen molar-refractivity contribution in [2.75, 3.05) is 13.6 Å². The summed E-state index contributed by atoms with van der Waals surface area (Å²) in [5, 5.41) is 0.537. The molecule has 1 amide bonds. The van der Waals surface area contributed by atoms with Crippen LogP contribution in [0.1, 0.15) is 20.9 Å². The predicted octanol–water partition coefficient (Wildman–Crippen LogP) is 3.51. The molecule has 4 nitrogen and oxygen atoms in total. The fourth-order valence-corrected chi connectivity index (χ4v) is 4.00. The van der Waals surface area contributed by atoms with E-state index in [4.69, 9.17) is 4.74 Å². The first-order valence-electron chi connectivity index (χ1n) is 8.00. The number of hydrogen-bond donors (Lipinski definition) is 0. The highest BCUT2D eigenvalue weighted by atomic mass is 32.1. The summed E-state index contributed by atoms with van der Waals surface area (Å²) in [6.07, 6.45) is 0.872. The summed E-state index contributed by atoms with van der Waals surface area (Å²) in [4.78, 5) is 18.8. The molecule has 1 aliphatic rings. The molecular weight excluding hydrogens is 320 g/mol. The molecule has 2 heterocycles. The molecule has 1 aromatic heterocycles. The number of amides is 1. The third-order valence-electron chi connectivity index (χ3n) is 4.34. The van der Waals surface area contributed by atoms with Gasteiger partial charge in [0.05, 0.1) is 22.9 Å². The molecule has 5 heteroatoms. The molecule has 0 fully saturated rings. The van der Waals surface area contributed by atoms with Crippen LogP contribution in [0.5, 0.6) is 0 Å². The smallest absolute Gasteiger partial charge is 0.282 e. The van der Waals surface area contributed by atoms with E-state index >= 15 is 0 Å². The number of para-hydroxylation sites is 1. The van der Waals surface area contributed by atoms with Gasteiger partial charge in [-0.3, -0.25) is 4.79 Å². The number of fused-ring (bicyclic) bond motifs is 2. The van der Waals surface area contributed by atoms with Crippen molar-refractivity contribution < 1.29 is 9.53 Å². The Morgan fingerprint density at radius 3 is 2.79 bits per heavy atom. The molecule has 0 bridgehead atoms. The van der Waals surface area contributed by atoms with Crippen LogP contribution in [-0.2, 0) is 17.8 Å². The second-order valence-electron chi connectivity index (χ2n) is 6.08. The van der Waals surface area contributed by atoms with Crippen molar-refractivity contribution in [3.05, 3.63) is 64.7 Å². The summed E-state index contributed by atoms with van der Waals surface area (Å²) in [5.74, 6) is -0.0429. The van der Waals surface area contributed by atoms with E-state index in [1.54, 1.807) is 4.90 Å². The third-order valence-corrected chi connectivity index (χ3v) is 5.37. The van der Waals surface area contributed by atoms with Crippen LogP contribution in [0, 0.1) is 0 Å². The van der Waals surface area contributed by atoms with Crippen LogP contribution in [0.15, 0.2) is 48.5 Å². The summed E-state index contributed by atoms with van der Waals surface area (Å²) in [6.45, 7) is 1.19. The molecule has 3 aromatic rings. The molecule has 1 aliphatic heterocycles. The Morgan fingerprint density at radius 2 is 1.96 bits per heavy atom. The van der Waals surface area contributed by atoms with Crippen LogP contribution in [0.2, 0.25) is 0 Å². The van der Waals surface area contributed by atoms with Crippen LogP contribution in [0.4, 0.5) is 0 Å². The van der Waals surface area contributed by atoms with Gasteiger partial charge in [0.2, 0.25) is 0 Å². The van der Waals surface area contributed by atoms with E-state index in [9.17, 15) is 4.79 Å². The Bertz CT molecular complexity index is 857. The molecule has 24 heavy (non-hydrogen) atoms. The molecule has 0 spiro atoms. The van der Waals surface area contributed by atoms with Crippen LogP contribution in [0.3, 0.4) is 0 Å². The van der Waals surface area contributed by atoms with Crippen molar-refractivity contribution in [3.63, 3.8) is 0 Å². The average Bonchev–Trinajstić information content (AvgIpc) is 3.05. The summed E-state index contributed by atoms with van der Waals surface area (Å²) in [7, 11) is 1.82. The highest BCUT2D eigenvalue weighted by Crippen LogP contribution is 2.24. The van der Waals surface area contributed by atoms with Gasteiger partial charge in [0.25, 0.3) is 5.91 Å². The summed E-state index contributed by atoms with van der Waals surface area (Å²) < 4.78 is 6.95. The van der Waals surface area contributed by atoms with Gasteiger partial charge < -0.3 is 9.64 Å². The van der Waals surface area contributed by atoms with Crippen molar-refractivity contribution in [3.8, 4) is 0 Å². The Balaban J connectivity index is 1.46. The maximum atomic E-state index is 12.7. The van der Waals surface area contributed by atoms with Crippen LogP contribution in [0.25, 0.3) is 10.2 Å². The molecule has 1 unspecified atom stereocenters. The van der Waals surface area contributed by atoms with Gasteiger partial charge in [-0.1, -0.05) is 36.4 Å². The van der Waals surface area contributed by atoms with Gasteiger partial charge in [-0.25, -0.2) is 4.98 Å². The fraction of sp³-hybridized carbons (Fsp3) is 0.263. The molecule has 0 saturated heterocycles. The Hall–Kier alpha value is -2.24. The van der Waals surface area contributed by atoms with Gasteiger partial charge in [0, 0.05) is 20.0 Å². The van der Waals surface area contributed by atoms with Crippen molar-refractivity contribution in [1.29, 1.82) is 0 Å². The van der Waals surface area contributed by atoms with Crippen LogP contribution < -0.4 is 0 Å². The minimum Gasteiger partial charge on any atom is -0.371 e. The monoisotopic (exact) mass is 338 g/mol. The number of hydrogen-bond acceptors (Lipinski definition) is 4. The first kappa shape index (κ1) is 15.3. The zero-order chi connectivity index (χ0) is 16.5. The van der Waals surface area contributed by atoms with Gasteiger partial charge in [0.1, 0.15) is 0 Å². The number of carbonyl (C=O) groups excluding carboxylic acids is 1. The molecule has 0 N–H and O–H groups in total. The lowest BCUT2D eigenvalue weighted by Crippen LogP contribution is -2.38. The number of benzene rings is 2. The minimum atomic E-state index is -0.0429. The molecular formula is C19H18N2O2S. The number of likely N-dealkylation sites (N-methyl/N-ethyl adjacent to an activating group) is 1. The molecule has 0 saturated carbocycles. The van der Waals surface area contributed by atoms with Crippen molar-refractivity contribution in [2.24, 2.45) is 0 Å². The Kier molecular flexibility index (Phi) is 4.04. The molecule has 0 radical (unpaired) electrons. The number of carbonyl (C=O) groups is 1. The van der Waals surface area contributed by atoms with Crippen LogP contribution >= 0.6 is 11.3 Å². The first-order valence-corrected chi connectivity index (χ1v) is 8.82. The zero-order valence-electron chi connectivity index (χ0n) is 13.4. The van der Waals surface area contributed by atoms with Gasteiger partial charge in [-0.2, -0.15) is 0 Å². The lowest BCUT2D eigenvalue weighted by molar-refractivity contribution is 0.00985. The second kappa shape index (κ2) is 6.34. The number of nitrogens with zero attached hydrogens (tertiary/aromatic N) is 2. The van der Waals surface area contributed by atoms with E-state index in [2.05, 4.69) is 23.2 Å². The van der Waals surface area contributed by atoms with E-state index in [1.165, 1.54) is 22.5 Å². The van der Waals surface area contributed by atoms with E-state index in [0.717, 1.165) is 16.6 Å². The van der Waals surface area contributed by atoms with E-state index in [-0.39, 0.29) is 12.0 Å². The summed E-state index contributed by atoms with van der Waals surface area (Å²) >= 11 is 1.44. The van der Waals surface area contributed by atoms with Crippen molar-refractivity contribution >= 4 is 27.5 Å². The van der Waals surface area contributed by atoms with E-state index in [0.29, 0.717) is 18.2 Å². The molecule has 0 aliphatic carbocycles. The topological polar surface area (TPSA) is 42.4 Å². The molecule has 122 valence electrons. The van der Waals surface area contributed by atoms with Crippen molar-refractivity contribution in [1.82, 2.24) is 9.88 Å². The lowest BCUT2D eigenvalue weighted by Gasteiger charge is -2.28. The van der Waals surface area contributed by atoms with Gasteiger partial charge >= 0.3 is 0 Å². The predicted molar refractivity (Wildman–Crippen MR) is 95.3 cm³/mol. The summed E-state index contributed by atoms with van der Waals surface area (Å²) in [6, 6.07) is 16.2. The van der Waals surface area contributed by atoms with E-state index in [1.807, 2.05) is 37.4 Å². The summed E-state index contributed by atoms with van der Waals surface area (Å²) in [5.41, 5.74) is 3.44. The molecule has 4 rings (SSSR count).